The zero-order valence-electron chi connectivity index (χ0n) is 11.7. The minimum atomic E-state index is -0.436. The summed E-state index contributed by atoms with van der Waals surface area (Å²) in [4.78, 5) is 4.26. The van der Waals surface area contributed by atoms with E-state index >= 15 is 0 Å². The van der Waals surface area contributed by atoms with Gasteiger partial charge in [-0.3, -0.25) is 4.99 Å². The Balaban J connectivity index is 1.71. The van der Waals surface area contributed by atoms with E-state index in [-0.39, 0.29) is 0 Å². The molecule has 2 aliphatic carbocycles. The maximum absolute atomic E-state index is 10.6. The molecule has 2 fully saturated rings. The molecule has 0 heterocycles. The van der Waals surface area contributed by atoms with Gasteiger partial charge in [-0.2, -0.15) is 0 Å². The quantitative estimate of drug-likeness (QED) is 0.513. The van der Waals surface area contributed by atoms with Gasteiger partial charge in [-0.15, -0.1) is 0 Å². The summed E-state index contributed by atoms with van der Waals surface area (Å²) in [6.07, 6.45) is 5.54. The van der Waals surface area contributed by atoms with Crippen LogP contribution in [0, 0.1) is 17.8 Å². The molecular formula is C14H27N3O. The summed E-state index contributed by atoms with van der Waals surface area (Å²) in [5.41, 5.74) is 5.35. The summed E-state index contributed by atoms with van der Waals surface area (Å²) < 4.78 is 0. The highest BCUT2D eigenvalue weighted by Gasteiger charge is 2.49. The number of guanidine groups is 1. The lowest BCUT2D eigenvalue weighted by molar-refractivity contribution is -0.0191. The maximum Gasteiger partial charge on any atom is 0.188 e. The number of nitrogens with zero attached hydrogens (tertiary/aromatic N) is 1. The monoisotopic (exact) mass is 253 g/mol. The first-order chi connectivity index (χ1) is 8.49. The average molecular weight is 253 g/mol. The second kappa shape index (κ2) is 5.47. The zero-order valence-corrected chi connectivity index (χ0v) is 11.7. The molecule has 0 aliphatic heterocycles. The number of nitrogens with two attached hydrogens (primary N) is 1. The van der Waals surface area contributed by atoms with Crippen molar-refractivity contribution >= 4 is 5.96 Å². The molecule has 0 amide bonds. The van der Waals surface area contributed by atoms with Crippen LogP contribution >= 0.6 is 0 Å². The molecule has 104 valence electrons. The fourth-order valence-corrected chi connectivity index (χ4v) is 3.46. The molecule has 0 saturated heterocycles. The Labute approximate surface area is 110 Å². The van der Waals surface area contributed by atoms with Crippen molar-refractivity contribution in [3.63, 3.8) is 0 Å². The van der Waals surface area contributed by atoms with Crippen LogP contribution in [0.2, 0.25) is 0 Å². The van der Waals surface area contributed by atoms with E-state index in [1.165, 1.54) is 19.3 Å². The lowest BCUT2D eigenvalue weighted by Crippen LogP contribution is -2.41. The average Bonchev–Trinajstić information content (AvgIpc) is 2.86. The molecule has 2 saturated carbocycles. The number of fused-ring (bicyclic) bond motifs is 2. The van der Waals surface area contributed by atoms with Crippen LogP contribution < -0.4 is 11.1 Å². The van der Waals surface area contributed by atoms with E-state index in [4.69, 9.17) is 5.73 Å². The topological polar surface area (TPSA) is 70.6 Å². The van der Waals surface area contributed by atoms with Gasteiger partial charge in [0.2, 0.25) is 0 Å². The second-order valence-corrected chi connectivity index (χ2v) is 6.48. The molecule has 4 heteroatoms. The standard InChI is InChI=1S/C14H27N3O/c1-10(2)9-17-13(15)16-6-5-14(18)8-11-3-4-12(14)7-11/h10-12,18H,3-9H2,1-2H3,(H3,15,16,17). The van der Waals surface area contributed by atoms with Gasteiger partial charge in [0.1, 0.15) is 0 Å². The highest BCUT2D eigenvalue weighted by Crippen LogP contribution is 2.51. The molecular weight excluding hydrogens is 226 g/mol. The summed E-state index contributed by atoms with van der Waals surface area (Å²) in [5.74, 6) is 2.33. The van der Waals surface area contributed by atoms with Gasteiger partial charge in [0.05, 0.1) is 5.60 Å². The van der Waals surface area contributed by atoms with Crippen molar-refractivity contribution in [2.75, 3.05) is 13.1 Å². The predicted octanol–water partition coefficient (Wildman–Crippen LogP) is 1.49. The van der Waals surface area contributed by atoms with Crippen LogP contribution in [0.25, 0.3) is 0 Å². The molecule has 0 aromatic heterocycles. The Kier molecular flexibility index (Phi) is 4.15. The smallest absolute Gasteiger partial charge is 0.188 e. The third-order valence-electron chi connectivity index (χ3n) is 4.43. The van der Waals surface area contributed by atoms with Crippen LogP contribution in [0.1, 0.15) is 46.0 Å². The van der Waals surface area contributed by atoms with Gasteiger partial charge in [-0.25, -0.2) is 0 Å². The Morgan fingerprint density at radius 2 is 2.28 bits per heavy atom. The molecule has 3 unspecified atom stereocenters. The molecule has 2 aliphatic rings. The summed E-state index contributed by atoms with van der Waals surface area (Å²) in [7, 11) is 0. The Morgan fingerprint density at radius 1 is 1.50 bits per heavy atom. The van der Waals surface area contributed by atoms with Crippen molar-refractivity contribution in [2.45, 2.75) is 51.6 Å². The van der Waals surface area contributed by atoms with Crippen LogP contribution in [0.3, 0.4) is 0 Å². The fraction of sp³-hybridized carbons (Fsp3) is 0.929. The van der Waals surface area contributed by atoms with Crippen molar-refractivity contribution < 1.29 is 5.11 Å². The summed E-state index contributed by atoms with van der Waals surface area (Å²) in [6.45, 7) is 5.73. The van der Waals surface area contributed by atoms with E-state index in [1.807, 2.05) is 0 Å². The molecule has 18 heavy (non-hydrogen) atoms. The number of aliphatic hydroxyl groups is 1. The van der Waals surface area contributed by atoms with Gasteiger partial charge in [0.15, 0.2) is 5.96 Å². The van der Waals surface area contributed by atoms with Gasteiger partial charge in [0, 0.05) is 13.1 Å². The maximum atomic E-state index is 10.6. The van der Waals surface area contributed by atoms with Gasteiger partial charge in [-0.1, -0.05) is 13.8 Å². The van der Waals surface area contributed by atoms with Gasteiger partial charge < -0.3 is 16.2 Å². The van der Waals surface area contributed by atoms with Crippen molar-refractivity contribution in [1.29, 1.82) is 0 Å². The van der Waals surface area contributed by atoms with Crippen molar-refractivity contribution in [2.24, 2.45) is 28.5 Å². The van der Waals surface area contributed by atoms with E-state index in [2.05, 4.69) is 24.2 Å². The van der Waals surface area contributed by atoms with Crippen LogP contribution in [0.15, 0.2) is 4.99 Å². The van der Waals surface area contributed by atoms with E-state index in [9.17, 15) is 5.11 Å². The molecule has 0 spiro atoms. The van der Waals surface area contributed by atoms with Crippen molar-refractivity contribution in [3.8, 4) is 0 Å². The molecule has 3 atom stereocenters. The normalized spacial score (nSPS) is 35.4. The molecule has 2 rings (SSSR count). The first kappa shape index (κ1) is 13.7. The van der Waals surface area contributed by atoms with E-state index in [0.29, 0.717) is 17.8 Å². The number of aliphatic imine (C=N–C) groups is 1. The number of hydrogen-bond donors (Lipinski definition) is 3. The molecule has 0 radical (unpaired) electrons. The molecule has 2 bridgehead atoms. The third-order valence-corrected chi connectivity index (χ3v) is 4.43. The Morgan fingerprint density at radius 3 is 2.83 bits per heavy atom. The van der Waals surface area contributed by atoms with Gasteiger partial charge in [0.25, 0.3) is 0 Å². The van der Waals surface area contributed by atoms with E-state index in [1.54, 1.807) is 0 Å². The van der Waals surface area contributed by atoms with Crippen LogP contribution in [-0.2, 0) is 0 Å². The summed E-state index contributed by atoms with van der Waals surface area (Å²) >= 11 is 0. The van der Waals surface area contributed by atoms with Gasteiger partial charge in [-0.05, 0) is 49.9 Å². The minimum Gasteiger partial charge on any atom is -0.390 e. The largest absolute Gasteiger partial charge is 0.390 e. The van der Waals surface area contributed by atoms with Crippen molar-refractivity contribution in [3.05, 3.63) is 0 Å². The molecule has 0 aromatic carbocycles. The van der Waals surface area contributed by atoms with Crippen molar-refractivity contribution in [1.82, 2.24) is 5.32 Å². The minimum absolute atomic E-state index is 0.436. The van der Waals surface area contributed by atoms with Crippen LogP contribution in [-0.4, -0.2) is 29.8 Å². The first-order valence-corrected chi connectivity index (χ1v) is 7.26. The number of hydrogen-bond acceptors (Lipinski definition) is 2. The Hall–Kier alpha value is -0.770. The van der Waals surface area contributed by atoms with Crippen LogP contribution in [0.5, 0.6) is 0 Å². The van der Waals surface area contributed by atoms with E-state index < -0.39 is 5.60 Å². The Bertz CT molecular complexity index is 316. The van der Waals surface area contributed by atoms with Gasteiger partial charge >= 0.3 is 0 Å². The molecule has 4 nitrogen and oxygen atoms in total. The number of nitrogens with one attached hydrogen (secondary N) is 1. The summed E-state index contributed by atoms with van der Waals surface area (Å²) in [5, 5.41) is 13.7. The third kappa shape index (κ3) is 3.16. The first-order valence-electron chi connectivity index (χ1n) is 7.26. The highest BCUT2D eigenvalue weighted by atomic mass is 16.3. The van der Waals surface area contributed by atoms with Crippen LogP contribution in [0.4, 0.5) is 0 Å². The molecule has 0 aromatic rings. The SMILES string of the molecule is CC(C)CN=C(N)NCCC1(O)CC2CCC1C2. The highest BCUT2D eigenvalue weighted by molar-refractivity contribution is 5.77. The lowest BCUT2D eigenvalue weighted by atomic mass is 9.82. The van der Waals surface area contributed by atoms with E-state index in [0.717, 1.165) is 31.8 Å². The summed E-state index contributed by atoms with van der Waals surface area (Å²) in [6, 6.07) is 0. The lowest BCUT2D eigenvalue weighted by Gasteiger charge is -2.32. The fourth-order valence-electron chi connectivity index (χ4n) is 3.46. The second-order valence-electron chi connectivity index (χ2n) is 6.48. The zero-order chi connectivity index (χ0) is 13.2. The molecule has 4 N–H and O–H groups in total. The predicted molar refractivity (Wildman–Crippen MR) is 74.3 cm³/mol. The number of rotatable bonds is 5.